The quantitative estimate of drug-likeness (QED) is 0.881. The highest BCUT2D eigenvalue weighted by atomic mass is 79.9. The fourth-order valence-corrected chi connectivity index (χ4v) is 2.84. The Balaban J connectivity index is 1.56. The number of fused-ring (bicyclic) bond motifs is 1. The van der Waals surface area contributed by atoms with Gasteiger partial charge in [-0.05, 0) is 17.7 Å². The topological polar surface area (TPSA) is 47.6 Å². The minimum Gasteiger partial charge on any atom is -0.491 e. The van der Waals surface area contributed by atoms with Crippen molar-refractivity contribution in [3.63, 3.8) is 0 Å². The molecule has 4 nitrogen and oxygen atoms in total. The second-order valence-corrected chi connectivity index (χ2v) is 6.20. The molecule has 0 aliphatic carbocycles. The number of hydrogen-bond acceptors (Lipinski definition) is 3. The molecule has 120 valence electrons. The van der Waals surface area contributed by atoms with Crippen LogP contribution in [0, 0.1) is 5.82 Å². The zero-order valence-electron chi connectivity index (χ0n) is 12.2. The summed E-state index contributed by atoms with van der Waals surface area (Å²) in [7, 11) is 0. The maximum Gasteiger partial charge on any atom is 0.407 e. The fraction of sp³-hybridized carbons (Fsp3) is 0.235. The Bertz CT molecular complexity index is 708. The second kappa shape index (κ2) is 7.00. The SMILES string of the molecule is O=C(N[C@H]1COc2cc(Br)cc(F)c2C1)OCc1ccccc1. The maximum absolute atomic E-state index is 14.0. The first-order valence-corrected chi connectivity index (χ1v) is 7.99. The summed E-state index contributed by atoms with van der Waals surface area (Å²) in [4.78, 5) is 11.8. The van der Waals surface area contributed by atoms with E-state index in [2.05, 4.69) is 21.2 Å². The highest BCUT2D eigenvalue weighted by molar-refractivity contribution is 9.10. The van der Waals surface area contributed by atoms with Crippen LogP contribution < -0.4 is 10.1 Å². The number of hydrogen-bond donors (Lipinski definition) is 1. The normalized spacial score (nSPS) is 16.2. The average Bonchev–Trinajstić information content (AvgIpc) is 2.54. The predicted molar refractivity (Wildman–Crippen MR) is 86.8 cm³/mol. The lowest BCUT2D eigenvalue weighted by molar-refractivity contribution is 0.128. The van der Waals surface area contributed by atoms with E-state index >= 15 is 0 Å². The Kier molecular flexibility index (Phi) is 4.81. The summed E-state index contributed by atoms with van der Waals surface area (Å²) in [6.07, 6.45) is -0.169. The van der Waals surface area contributed by atoms with Gasteiger partial charge >= 0.3 is 6.09 Å². The molecule has 1 heterocycles. The van der Waals surface area contributed by atoms with E-state index in [1.165, 1.54) is 6.07 Å². The minimum atomic E-state index is -0.538. The molecule has 0 saturated carbocycles. The maximum atomic E-state index is 14.0. The number of carbonyl (C=O) groups is 1. The number of halogens is 2. The van der Waals surface area contributed by atoms with Crippen LogP contribution in [0.2, 0.25) is 0 Å². The van der Waals surface area contributed by atoms with Crippen molar-refractivity contribution in [2.24, 2.45) is 0 Å². The van der Waals surface area contributed by atoms with E-state index in [0.29, 0.717) is 22.2 Å². The molecule has 0 saturated heterocycles. The highest BCUT2D eigenvalue weighted by Gasteiger charge is 2.25. The van der Waals surface area contributed by atoms with Gasteiger partial charge in [0.05, 0.1) is 6.04 Å². The van der Waals surface area contributed by atoms with Crippen molar-refractivity contribution < 1.29 is 18.7 Å². The van der Waals surface area contributed by atoms with Gasteiger partial charge < -0.3 is 14.8 Å². The summed E-state index contributed by atoms with van der Waals surface area (Å²) >= 11 is 3.23. The molecule has 0 fully saturated rings. The molecule has 0 unspecified atom stereocenters. The van der Waals surface area contributed by atoms with Crippen LogP contribution in [0.1, 0.15) is 11.1 Å². The molecule has 3 rings (SSSR count). The number of rotatable bonds is 3. The van der Waals surface area contributed by atoms with Gasteiger partial charge in [0.1, 0.15) is 24.8 Å². The van der Waals surface area contributed by atoms with Crippen LogP contribution >= 0.6 is 15.9 Å². The molecule has 0 bridgehead atoms. The first-order valence-electron chi connectivity index (χ1n) is 7.20. The van der Waals surface area contributed by atoms with Crippen molar-refractivity contribution in [1.82, 2.24) is 5.32 Å². The summed E-state index contributed by atoms with van der Waals surface area (Å²) < 4.78 is 25.3. The van der Waals surface area contributed by atoms with Gasteiger partial charge in [0.25, 0.3) is 0 Å². The Morgan fingerprint density at radius 2 is 2.13 bits per heavy atom. The van der Waals surface area contributed by atoms with Gasteiger partial charge in [0, 0.05) is 16.5 Å². The lowest BCUT2D eigenvalue weighted by Gasteiger charge is -2.26. The molecule has 23 heavy (non-hydrogen) atoms. The number of ether oxygens (including phenoxy) is 2. The van der Waals surface area contributed by atoms with E-state index in [1.807, 2.05) is 30.3 Å². The molecule has 0 spiro atoms. The third-order valence-corrected chi connectivity index (χ3v) is 4.00. The van der Waals surface area contributed by atoms with E-state index in [9.17, 15) is 9.18 Å². The van der Waals surface area contributed by atoms with Crippen molar-refractivity contribution in [3.8, 4) is 5.75 Å². The van der Waals surface area contributed by atoms with Crippen LogP contribution in [0.15, 0.2) is 46.9 Å². The summed E-state index contributed by atoms with van der Waals surface area (Å²) in [5.41, 5.74) is 1.37. The van der Waals surface area contributed by atoms with Gasteiger partial charge in [-0.1, -0.05) is 46.3 Å². The van der Waals surface area contributed by atoms with Crippen LogP contribution in [0.5, 0.6) is 5.75 Å². The molecule has 6 heteroatoms. The van der Waals surface area contributed by atoms with Gasteiger partial charge in [-0.2, -0.15) is 0 Å². The Hall–Kier alpha value is -2.08. The van der Waals surface area contributed by atoms with E-state index in [0.717, 1.165) is 5.56 Å². The monoisotopic (exact) mass is 379 g/mol. The van der Waals surface area contributed by atoms with E-state index in [4.69, 9.17) is 9.47 Å². The van der Waals surface area contributed by atoms with Crippen LogP contribution in [0.4, 0.5) is 9.18 Å². The van der Waals surface area contributed by atoms with Gasteiger partial charge in [-0.25, -0.2) is 9.18 Å². The summed E-state index contributed by atoms with van der Waals surface area (Å²) in [6.45, 7) is 0.474. The molecule has 0 radical (unpaired) electrons. The number of amides is 1. The van der Waals surface area contributed by atoms with Gasteiger partial charge in [0.15, 0.2) is 0 Å². The highest BCUT2D eigenvalue weighted by Crippen LogP contribution is 2.30. The molecule has 1 aliphatic heterocycles. The van der Waals surface area contributed by atoms with Crippen LogP contribution in [-0.4, -0.2) is 18.7 Å². The van der Waals surface area contributed by atoms with Crippen molar-refractivity contribution in [1.29, 1.82) is 0 Å². The summed E-state index contributed by atoms with van der Waals surface area (Å²) in [6, 6.07) is 12.2. The lowest BCUT2D eigenvalue weighted by atomic mass is 10.0. The van der Waals surface area contributed by atoms with Crippen molar-refractivity contribution in [2.45, 2.75) is 19.1 Å². The van der Waals surface area contributed by atoms with Gasteiger partial charge in [-0.15, -0.1) is 0 Å². The summed E-state index contributed by atoms with van der Waals surface area (Å²) in [5, 5.41) is 2.71. The third kappa shape index (κ3) is 4.01. The van der Waals surface area contributed by atoms with Crippen molar-refractivity contribution >= 4 is 22.0 Å². The molecule has 1 N–H and O–H groups in total. The average molecular weight is 380 g/mol. The Morgan fingerprint density at radius 3 is 2.91 bits per heavy atom. The van der Waals surface area contributed by atoms with Crippen molar-refractivity contribution in [3.05, 3.63) is 63.9 Å². The molecular formula is C17H15BrFNO3. The first kappa shape index (κ1) is 15.8. The van der Waals surface area contributed by atoms with Crippen LogP contribution in [0.3, 0.4) is 0 Å². The molecule has 2 aromatic carbocycles. The minimum absolute atomic E-state index is 0.193. The predicted octanol–water partition coefficient (Wildman–Crippen LogP) is 3.82. The standard InChI is InChI=1S/C17H15BrFNO3/c18-12-6-15(19)14-8-13(10-22-16(14)7-12)20-17(21)23-9-11-4-2-1-3-5-11/h1-7,13H,8-10H2,(H,20,21)/t13-/m1/s1. The second-order valence-electron chi connectivity index (χ2n) is 5.28. The first-order chi connectivity index (χ1) is 11.1. The van der Waals surface area contributed by atoms with E-state index in [1.54, 1.807) is 6.07 Å². The zero-order valence-corrected chi connectivity index (χ0v) is 13.8. The van der Waals surface area contributed by atoms with Crippen LogP contribution in [0.25, 0.3) is 0 Å². The largest absolute Gasteiger partial charge is 0.491 e. The Labute approximate surface area is 141 Å². The van der Waals surface area contributed by atoms with E-state index < -0.39 is 6.09 Å². The zero-order chi connectivity index (χ0) is 16.2. The van der Waals surface area contributed by atoms with Gasteiger partial charge in [0.2, 0.25) is 0 Å². The number of alkyl carbamates (subject to hydrolysis) is 1. The molecule has 1 amide bonds. The molecular weight excluding hydrogens is 365 g/mol. The molecule has 1 aliphatic rings. The Morgan fingerprint density at radius 1 is 1.35 bits per heavy atom. The number of carbonyl (C=O) groups excluding carboxylic acids is 1. The van der Waals surface area contributed by atoms with Crippen molar-refractivity contribution in [2.75, 3.05) is 6.61 Å². The van der Waals surface area contributed by atoms with E-state index in [-0.39, 0.29) is 25.1 Å². The molecule has 1 atom stereocenters. The number of benzene rings is 2. The third-order valence-electron chi connectivity index (χ3n) is 3.54. The smallest absolute Gasteiger partial charge is 0.407 e. The lowest BCUT2D eigenvalue weighted by Crippen LogP contribution is -2.43. The van der Waals surface area contributed by atoms with Gasteiger partial charge in [-0.3, -0.25) is 0 Å². The summed E-state index contributed by atoms with van der Waals surface area (Å²) in [5.74, 6) is 0.158. The fourth-order valence-electron chi connectivity index (χ4n) is 2.43. The van der Waals surface area contributed by atoms with Crippen LogP contribution in [-0.2, 0) is 17.8 Å². The molecule has 2 aromatic rings. The number of nitrogens with one attached hydrogen (secondary N) is 1. The molecule has 0 aromatic heterocycles.